The molecule has 1 saturated heterocycles. The summed E-state index contributed by atoms with van der Waals surface area (Å²) in [5.74, 6) is 0.696. The number of nitro benzene ring substituents is 1. The van der Waals surface area contributed by atoms with Gasteiger partial charge in [-0.2, -0.15) is 0 Å². The van der Waals surface area contributed by atoms with Gasteiger partial charge in [-0.05, 0) is 32.0 Å². The van der Waals surface area contributed by atoms with E-state index in [0.29, 0.717) is 12.0 Å². The second-order valence-corrected chi connectivity index (χ2v) is 5.94. The van der Waals surface area contributed by atoms with Gasteiger partial charge < -0.3 is 9.80 Å². The molecule has 1 aliphatic rings. The molecule has 0 saturated carbocycles. The Morgan fingerprint density at radius 1 is 1.30 bits per heavy atom. The maximum absolute atomic E-state index is 10.6. The van der Waals surface area contributed by atoms with Crippen molar-refractivity contribution in [1.82, 2.24) is 9.80 Å². The van der Waals surface area contributed by atoms with Crippen molar-refractivity contribution in [3.8, 4) is 0 Å². The highest BCUT2D eigenvalue weighted by molar-refractivity contribution is 5.32. The molecule has 0 aliphatic carbocycles. The van der Waals surface area contributed by atoms with Gasteiger partial charge in [-0.15, -0.1) is 0 Å². The van der Waals surface area contributed by atoms with E-state index in [2.05, 4.69) is 30.8 Å². The number of likely N-dealkylation sites (N-methyl/N-ethyl adjacent to an activating group) is 1. The smallest absolute Gasteiger partial charge is 0.269 e. The molecule has 20 heavy (non-hydrogen) atoms. The summed E-state index contributed by atoms with van der Waals surface area (Å²) >= 11 is 0. The van der Waals surface area contributed by atoms with Crippen molar-refractivity contribution in [1.29, 1.82) is 0 Å². The summed E-state index contributed by atoms with van der Waals surface area (Å²) in [5, 5.41) is 10.6. The largest absolute Gasteiger partial charge is 0.305 e. The van der Waals surface area contributed by atoms with Crippen LogP contribution in [0.25, 0.3) is 0 Å². The highest BCUT2D eigenvalue weighted by Gasteiger charge is 2.30. The quantitative estimate of drug-likeness (QED) is 0.610. The first-order chi connectivity index (χ1) is 9.47. The van der Waals surface area contributed by atoms with Crippen LogP contribution < -0.4 is 0 Å². The molecule has 2 atom stereocenters. The maximum Gasteiger partial charge on any atom is 0.269 e. The molecule has 1 aliphatic heterocycles. The van der Waals surface area contributed by atoms with Gasteiger partial charge in [0.15, 0.2) is 0 Å². The fourth-order valence-electron chi connectivity index (χ4n) is 2.97. The van der Waals surface area contributed by atoms with Gasteiger partial charge in [0.2, 0.25) is 0 Å². The molecule has 0 aromatic heterocycles. The van der Waals surface area contributed by atoms with E-state index in [1.165, 1.54) is 0 Å². The van der Waals surface area contributed by atoms with Crippen LogP contribution in [0.2, 0.25) is 0 Å². The van der Waals surface area contributed by atoms with Crippen LogP contribution in [0.5, 0.6) is 0 Å². The molecule has 5 heteroatoms. The van der Waals surface area contributed by atoms with Crippen LogP contribution in [0.15, 0.2) is 24.3 Å². The van der Waals surface area contributed by atoms with Crippen molar-refractivity contribution in [3.63, 3.8) is 0 Å². The number of hydrogen-bond donors (Lipinski definition) is 0. The lowest BCUT2D eigenvalue weighted by atomic mass is 10.1. The lowest BCUT2D eigenvalue weighted by molar-refractivity contribution is -0.384. The molecular formula is C15H23N3O2. The van der Waals surface area contributed by atoms with Crippen LogP contribution in [0.3, 0.4) is 0 Å². The Labute approximate surface area is 120 Å². The lowest BCUT2D eigenvalue weighted by Crippen LogP contribution is -2.34. The van der Waals surface area contributed by atoms with E-state index >= 15 is 0 Å². The van der Waals surface area contributed by atoms with Gasteiger partial charge in [-0.25, -0.2) is 0 Å². The Morgan fingerprint density at radius 2 is 1.95 bits per heavy atom. The van der Waals surface area contributed by atoms with Crippen LogP contribution in [-0.4, -0.2) is 54.5 Å². The summed E-state index contributed by atoms with van der Waals surface area (Å²) in [4.78, 5) is 15.0. The van der Waals surface area contributed by atoms with Crippen molar-refractivity contribution in [2.24, 2.45) is 5.92 Å². The van der Waals surface area contributed by atoms with Crippen LogP contribution in [0, 0.1) is 16.0 Å². The lowest BCUT2D eigenvalue weighted by Gasteiger charge is -2.22. The van der Waals surface area contributed by atoms with Crippen molar-refractivity contribution < 1.29 is 4.92 Å². The second-order valence-electron chi connectivity index (χ2n) is 5.94. The van der Waals surface area contributed by atoms with Crippen LogP contribution >= 0.6 is 0 Å². The normalized spacial score (nSPS) is 23.4. The topological polar surface area (TPSA) is 49.6 Å². The fraction of sp³-hybridized carbons (Fsp3) is 0.600. The standard InChI is InChI=1S/C15H23N3O2/c1-12-10-17(11-15(12)16(2)3)9-8-13-4-6-14(7-5-13)18(19)20/h4-7,12,15H,8-11H2,1-3H3/t12-,15-/m0/s1. The van der Waals surface area contributed by atoms with Crippen molar-refractivity contribution in [2.75, 3.05) is 33.7 Å². The summed E-state index contributed by atoms with van der Waals surface area (Å²) in [5.41, 5.74) is 1.33. The maximum atomic E-state index is 10.6. The van der Waals surface area contributed by atoms with E-state index in [0.717, 1.165) is 31.6 Å². The first-order valence-electron chi connectivity index (χ1n) is 7.09. The van der Waals surface area contributed by atoms with E-state index in [9.17, 15) is 10.1 Å². The summed E-state index contributed by atoms with van der Waals surface area (Å²) in [6, 6.07) is 7.53. The van der Waals surface area contributed by atoms with Gasteiger partial charge >= 0.3 is 0 Å². The molecule has 1 heterocycles. The van der Waals surface area contributed by atoms with Crippen LogP contribution in [-0.2, 0) is 6.42 Å². The van der Waals surface area contributed by atoms with Crippen molar-refractivity contribution >= 4 is 5.69 Å². The number of nitro groups is 1. The molecule has 1 aromatic rings. The number of benzene rings is 1. The molecule has 5 nitrogen and oxygen atoms in total. The molecule has 1 aromatic carbocycles. The Hall–Kier alpha value is -1.46. The molecule has 1 fully saturated rings. The minimum Gasteiger partial charge on any atom is -0.305 e. The minimum absolute atomic E-state index is 0.163. The van der Waals surface area contributed by atoms with E-state index in [1.54, 1.807) is 12.1 Å². The number of rotatable bonds is 5. The molecule has 0 bridgehead atoms. The Balaban J connectivity index is 1.85. The number of non-ortho nitro benzene ring substituents is 1. The average Bonchev–Trinajstić information content (AvgIpc) is 2.78. The van der Waals surface area contributed by atoms with Gasteiger partial charge in [0.05, 0.1) is 4.92 Å². The highest BCUT2D eigenvalue weighted by Crippen LogP contribution is 2.20. The van der Waals surface area contributed by atoms with Crippen LogP contribution in [0.1, 0.15) is 12.5 Å². The first-order valence-corrected chi connectivity index (χ1v) is 7.09. The molecular weight excluding hydrogens is 254 g/mol. The highest BCUT2D eigenvalue weighted by atomic mass is 16.6. The van der Waals surface area contributed by atoms with Gasteiger partial charge in [0.1, 0.15) is 0 Å². The van der Waals surface area contributed by atoms with Gasteiger partial charge in [-0.3, -0.25) is 10.1 Å². The zero-order chi connectivity index (χ0) is 14.7. The van der Waals surface area contributed by atoms with E-state index < -0.39 is 0 Å². The predicted molar refractivity (Wildman–Crippen MR) is 79.9 cm³/mol. The van der Waals surface area contributed by atoms with Crippen LogP contribution in [0.4, 0.5) is 5.69 Å². The summed E-state index contributed by atoms with van der Waals surface area (Å²) in [6.45, 7) is 5.57. The first kappa shape index (κ1) is 14.9. The van der Waals surface area contributed by atoms with Crippen molar-refractivity contribution in [3.05, 3.63) is 39.9 Å². The van der Waals surface area contributed by atoms with E-state index in [-0.39, 0.29) is 10.6 Å². The van der Waals surface area contributed by atoms with E-state index in [1.807, 2.05) is 12.1 Å². The van der Waals surface area contributed by atoms with Crippen molar-refractivity contribution in [2.45, 2.75) is 19.4 Å². The molecule has 0 radical (unpaired) electrons. The predicted octanol–water partition coefficient (Wildman–Crippen LogP) is 2.02. The average molecular weight is 277 g/mol. The van der Waals surface area contributed by atoms with Gasteiger partial charge in [0.25, 0.3) is 5.69 Å². The molecule has 2 rings (SSSR count). The Bertz CT molecular complexity index is 459. The number of nitrogens with zero attached hydrogens (tertiary/aromatic N) is 3. The van der Waals surface area contributed by atoms with Gasteiger partial charge in [0, 0.05) is 37.8 Å². The summed E-state index contributed by atoms with van der Waals surface area (Å²) in [6.07, 6.45) is 0.949. The Morgan fingerprint density at radius 3 is 2.45 bits per heavy atom. The summed E-state index contributed by atoms with van der Waals surface area (Å²) in [7, 11) is 4.28. The van der Waals surface area contributed by atoms with E-state index in [4.69, 9.17) is 0 Å². The molecule has 0 unspecified atom stereocenters. The zero-order valence-corrected chi connectivity index (χ0v) is 12.5. The molecule has 0 spiro atoms. The molecule has 110 valence electrons. The second kappa shape index (κ2) is 6.33. The Kier molecular flexibility index (Phi) is 4.73. The SMILES string of the molecule is C[C@H]1CN(CCc2ccc([N+](=O)[O-])cc2)C[C@@H]1N(C)C. The molecule has 0 amide bonds. The minimum atomic E-state index is -0.354. The number of likely N-dealkylation sites (tertiary alicyclic amines) is 1. The summed E-state index contributed by atoms with van der Waals surface area (Å²) < 4.78 is 0. The molecule has 0 N–H and O–H groups in total. The number of hydrogen-bond acceptors (Lipinski definition) is 4. The third kappa shape index (κ3) is 3.55. The monoisotopic (exact) mass is 277 g/mol. The zero-order valence-electron chi connectivity index (χ0n) is 12.5. The fourth-order valence-corrected chi connectivity index (χ4v) is 2.97. The third-order valence-electron chi connectivity index (χ3n) is 4.18. The van der Waals surface area contributed by atoms with Gasteiger partial charge in [-0.1, -0.05) is 19.1 Å². The third-order valence-corrected chi connectivity index (χ3v) is 4.18.